The van der Waals surface area contributed by atoms with Gasteiger partial charge in [0.2, 0.25) is 11.7 Å². The average Bonchev–Trinajstić information content (AvgIpc) is 2.95. The molecule has 1 aromatic carbocycles. The molecule has 0 unspecified atom stereocenters. The van der Waals surface area contributed by atoms with Gasteiger partial charge in [0.1, 0.15) is 0 Å². The Kier molecular flexibility index (Phi) is 8.18. The highest BCUT2D eigenvalue weighted by Crippen LogP contribution is 2.18. The largest absolute Gasteiger partial charge is 0.370 e. The number of nitrogens with two attached hydrogens (primary N) is 1. The molecule has 0 aliphatic heterocycles. The number of aromatic nitrogens is 2. The molecular weight excluding hydrogens is 417 g/mol. The Bertz CT molecular complexity index is 600. The standard InChI is InChI=1S/C14H18ClN5O.HI/c1-2-8-17-14(16)18-9-7-12-19-13(20-21-12)10-3-5-11(15)6-4-10;/h3-6H,2,7-9H2,1H3,(H3,16,17,18);1H. The van der Waals surface area contributed by atoms with Crippen LogP contribution >= 0.6 is 35.6 Å². The summed E-state index contributed by atoms with van der Waals surface area (Å²) in [4.78, 5) is 8.47. The van der Waals surface area contributed by atoms with Crippen molar-refractivity contribution in [3.63, 3.8) is 0 Å². The summed E-state index contributed by atoms with van der Waals surface area (Å²) in [5, 5.41) is 7.62. The van der Waals surface area contributed by atoms with Crippen molar-refractivity contribution in [3.05, 3.63) is 35.2 Å². The number of halogens is 2. The van der Waals surface area contributed by atoms with Gasteiger partial charge in [0, 0.05) is 30.1 Å². The third-order valence-corrected chi connectivity index (χ3v) is 2.97. The van der Waals surface area contributed by atoms with Crippen LogP contribution < -0.4 is 11.1 Å². The Hall–Kier alpha value is -1.35. The summed E-state index contributed by atoms with van der Waals surface area (Å²) in [7, 11) is 0. The summed E-state index contributed by atoms with van der Waals surface area (Å²) < 4.78 is 5.20. The van der Waals surface area contributed by atoms with Gasteiger partial charge in [0.05, 0.1) is 0 Å². The van der Waals surface area contributed by atoms with E-state index in [2.05, 4.69) is 20.4 Å². The molecule has 0 amide bonds. The maximum absolute atomic E-state index is 5.84. The monoisotopic (exact) mass is 435 g/mol. The zero-order valence-corrected chi connectivity index (χ0v) is 15.3. The molecule has 6 nitrogen and oxygen atoms in total. The van der Waals surface area contributed by atoms with E-state index in [9.17, 15) is 0 Å². The fourth-order valence-electron chi connectivity index (χ4n) is 1.66. The summed E-state index contributed by atoms with van der Waals surface area (Å²) in [6, 6.07) is 7.29. The molecule has 2 rings (SSSR count). The van der Waals surface area contributed by atoms with Gasteiger partial charge in [-0.05, 0) is 30.7 Å². The van der Waals surface area contributed by atoms with E-state index >= 15 is 0 Å². The predicted octanol–water partition coefficient (Wildman–Crippen LogP) is 2.86. The van der Waals surface area contributed by atoms with Crippen LogP contribution in [0.4, 0.5) is 0 Å². The van der Waals surface area contributed by atoms with Gasteiger partial charge in [-0.15, -0.1) is 24.0 Å². The molecule has 1 aromatic heterocycles. The molecule has 120 valence electrons. The number of benzene rings is 1. The smallest absolute Gasteiger partial charge is 0.228 e. The number of aliphatic imine (C=N–C) groups is 1. The maximum atomic E-state index is 5.84. The first-order valence-corrected chi connectivity index (χ1v) is 7.19. The molecule has 0 bridgehead atoms. The first-order chi connectivity index (χ1) is 10.2. The van der Waals surface area contributed by atoms with Crippen LogP contribution in [0.25, 0.3) is 11.4 Å². The fourth-order valence-corrected chi connectivity index (χ4v) is 1.78. The highest BCUT2D eigenvalue weighted by atomic mass is 127. The first-order valence-electron chi connectivity index (χ1n) is 6.81. The van der Waals surface area contributed by atoms with Crippen LogP contribution in [0.15, 0.2) is 33.8 Å². The molecule has 0 aliphatic carbocycles. The Labute approximate surface area is 151 Å². The normalized spacial score (nSPS) is 11.1. The van der Waals surface area contributed by atoms with E-state index in [1.807, 2.05) is 19.1 Å². The highest BCUT2D eigenvalue weighted by Gasteiger charge is 2.08. The van der Waals surface area contributed by atoms with Gasteiger partial charge in [-0.3, -0.25) is 4.99 Å². The Morgan fingerprint density at radius 3 is 2.77 bits per heavy atom. The van der Waals surface area contributed by atoms with E-state index in [1.165, 1.54) is 0 Å². The number of nitrogens with one attached hydrogen (secondary N) is 1. The Balaban J connectivity index is 0.00000242. The average molecular weight is 436 g/mol. The molecule has 22 heavy (non-hydrogen) atoms. The molecular formula is C14H19ClIN5O. The van der Waals surface area contributed by atoms with Gasteiger partial charge in [-0.1, -0.05) is 23.7 Å². The molecule has 0 aliphatic rings. The summed E-state index contributed by atoms with van der Waals surface area (Å²) >= 11 is 5.84. The second-order valence-corrected chi connectivity index (χ2v) is 4.90. The van der Waals surface area contributed by atoms with Crippen molar-refractivity contribution in [1.82, 2.24) is 15.5 Å². The van der Waals surface area contributed by atoms with Crippen LogP contribution in [0, 0.1) is 0 Å². The van der Waals surface area contributed by atoms with E-state index in [0.717, 1.165) is 18.5 Å². The van der Waals surface area contributed by atoms with Crippen LogP contribution in [-0.2, 0) is 6.42 Å². The fraction of sp³-hybridized carbons (Fsp3) is 0.357. The van der Waals surface area contributed by atoms with Crippen molar-refractivity contribution in [1.29, 1.82) is 0 Å². The van der Waals surface area contributed by atoms with Crippen LogP contribution in [0.2, 0.25) is 5.02 Å². The molecule has 2 aromatic rings. The van der Waals surface area contributed by atoms with Crippen molar-refractivity contribution >= 4 is 41.5 Å². The molecule has 3 N–H and O–H groups in total. The maximum Gasteiger partial charge on any atom is 0.228 e. The Morgan fingerprint density at radius 1 is 1.36 bits per heavy atom. The number of rotatable bonds is 6. The molecule has 8 heteroatoms. The van der Waals surface area contributed by atoms with Crippen molar-refractivity contribution in [2.24, 2.45) is 10.7 Å². The second kappa shape index (κ2) is 9.62. The molecule has 0 saturated heterocycles. The third-order valence-electron chi connectivity index (χ3n) is 2.72. The second-order valence-electron chi connectivity index (χ2n) is 4.46. The zero-order chi connectivity index (χ0) is 15.1. The molecule has 0 fully saturated rings. The van der Waals surface area contributed by atoms with Gasteiger partial charge >= 0.3 is 0 Å². The molecule has 0 saturated carbocycles. The molecule has 0 radical (unpaired) electrons. The van der Waals surface area contributed by atoms with Gasteiger partial charge in [-0.25, -0.2) is 0 Å². The van der Waals surface area contributed by atoms with Crippen LogP contribution in [0.5, 0.6) is 0 Å². The third kappa shape index (κ3) is 5.80. The van der Waals surface area contributed by atoms with Gasteiger partial charge in [-0.2, -0.15) is 4.98 Å². The number of hydrogen-bond donors (Lipinski definition) is 2. The minimum atomic E-state index is 0. The SMILES string of the molecule is CCCN=C(N)NCCc1nc(-c2ccc(Cl)cc2)no1.I. The number of hydrogen-bond acceptors (Lipinski definition) is 4. The van der Waals surface area contributed by atoms with Crippen LogP contribution in [0.3, 0.4) is 0 Å². The summed E-state index contributed by atoms with van der Waals surface area (Å²) in [6.45, 7) is 3.37. The van der Waals surface area contributed by atoms with Crippen LogP contribution in [0.1, 0.15) is 19.2 Å². The first kappa shape index (κ1) is 18.7. The lowest BCUT2D eigenvalue weighted by molar-refractivity contribution is 0.379. The van der Waals surface area contributed by atoms with Crippen molar-refractivity contribution in [3.8, 4) is 11.4 Å². The molecule has 1 heterocycles. The minimum absolute atomic E-state index is 0. The van der Waals surface area contributed by atoms with E-state index in [-0.39, 0.29) is 24.0 Å². The lowest BCUT2D eigenvalue weighted by Crippen LogP contribution is -2.33. The topological polar surface area (TPSA) is 89.3 Å². The van der Waals surface area contributed by atoms with Gasteiger partial charge in [0.15, 0.2) is 5.96 Å². The van der Waals surface area contributed by atoms with Gasteiger partial charge in [0.25, 0.3) is 0 Å². The quantitative estimate of drug-likeness (QED) is 0.414. The highest BCUT2D eigenvalue weighted by molar-refractivity contribution is 14.0. The summed E-state index contributed by atoms with van der Waals surface area (Å²) in [6.07, 6.45) is 1.55. The van der Waals surface area contributed by atoms with E-state index in [1.54, 1.807) is 12.1 Å². The van der Waals surface area contributed by atoms with Crippen molar-refractivity contribution < 1.29 is 4.52 Å². The minimum Gasteiger partial charge on any atom is -0.370 e. The number of nitrogens with zero attached hydrogens (tertiary/aromatic N) is 3. The van der Waals surface area contributed by atoms with Gasteiger partial charge < -0.3 is 15.6 Å². The Morgan fingerprint density at radius 2 is 2.09 bits per heavy atom. The summed E-state index contributed by atoms with van der Waals surface area (Å²) in [5.74, 6) is 1.54. The molecule has 0 spiro atoms. The summed E-state index contributed by atoms with van der Waals surface area (Å²) in [5.41, 5.74) is 6.56. The zero-order valence-electron chi connectivity index (χ0n) is 12.3. The lowest BCUT2D eigenvalue weighted by atomic mass is 10.2. The molecule has 0 atom stereocenters. The van der Waals surface area contributed by atoms with E-state index < -0.39 is 0 Å². The predicted molar refractivity (Wildman–Crippen MR) is 98.6 cm³/mol. The van der Waals surface area contributed by atoms with Crippen LogP contribution in [-0.4, -0.2) is 29.2 Å². The lowest BCUT2D eigenvalue weighted by Gasteiger charge is -2.02. The van der Waals surface area contributed by atoms with E-state index in [4.69, 9.17) is 21.9 Å². The number of guanidine groups is 1. The van der Waals surface area contributed by atoms with Crippen molar-refractivity contribution in [2.45, 2.75) is 19.8 Å². The van der Waals surface area contributed by atoms with E-state index in [0.29, 0.717) is 35.7 Å². The van der Waals surface area contributed by atoms with Crippen molar-refractivity contribution in [2.75, 3.05) is 13.1 Å².